The van der Waals surface area contributed by atoms with Crippen molar-refractivity contribution in [2.24, 2.45) is 5.92 Å². The van der Waals surface area contributed by atoms with E-state index in [0.29, 0.717) is 23.3 Å². The summed E-state index contributed by atoms with van der Waals surface area (Å²) in [5.74, 6) is -1.17. The lowest BCUT2D eigenvalue weighted by Crippen LogP contribution is -2.50. The minimum atomic E-state index is -1.01. The summed E-state index contributed by atoms with van der Waals surface area (Å²) in [5.41, 5.74) is 2.47. The molecule has 0 heterocycles. The molecule has 0 spiro atoms. The van der Waals surface area contributed by atoms with Crippen LogP contribution < -0.4 is 10.6 Å². The number of anilines is 1. The summed E-state index contributed by atoms with van der Waals surface area (Å²) >= 11 is 18.0. The number of benzene rings is 2. The number of amides is 1. The van der Waals surface area contributed by atoms with Crippen LogP contribution in [0, 0.1) is 5.92 Å². The second-order valence-electron chi connectivity index (χ2n) is 9.39. The van der Waals surface area contributed by atoms with Crippen LogP contribution in [-0.4, -0.2) is 39.6 Å². The van der Waals surface area contributed by atoms with E-state index in [9.17, 15) is 14.7 Å². The van der Waals surface area contributed by atoms with E-state index in [1.165, 1.54) is 6.08 Å². The van der Waals surface area contributed by atoms with Gasteiger partial charge in [0.2, 0.25) is 0 Å². The Morgan fingerprint density at radius 3 is 2.21 bits per heavy atom. The number of carbonyl (C=O) groups is 2. The van der Waals surface area contributed by atoms with Gasteiger partial charge in [0.15, 0.2) is 5.11 Å². The van der Waals surface area contributed by atoms with Crippen molar-refractivity contribution in [3.05, 3.63) is 100 Å². The van der Waals surface area contributed by atoms with Gasteiger partial charge >= 0.3 is 5.97 Å². The first-order valence-electron chi connectivity index (χ1n) is 12.6. The van der Waals surface area contributed by atoms with Crippen molar-refractivity contribution in [1.29, 1.82) is 0 Å². The van der Waals surface area contributed by atoms with E-state index in [4.69, 9.17) is 35.4 Å². The molecule has 2 atom stereocenters. The highest BCUT2D eigenvalue weighted by molar-refractivity contribution is 7.80. The van der Waals surface area contributed by atoms with E-state index in [1.807, 2.05) is 35.2 Å². The molecule has 2 aromatic carbocycles. The van der Waals surface area contributed by atoms with Gasteiger partial charge in [0.1, 0.15) is 6.04 Å². The molecule has 39 heavy (non-hydrogen) atoms. The summed E-state index contributed by atoms with van der Waals surface area (Å²) in [6.07, 6.45) is 3.10. The monoisotopic (exact) mass is 587 g/mol. The maximum absolute atomic E-state index is 12.8. The van der Waals surface area contributed by atoms with Crippen LogP contribution in [0.15, 0.2) is 89.0 Å². The standard InChI is InChI=1S/C30H35Cl2N3O3S/c1-6-24(31)27(25(32)7-2)28(36)33-23-15-13-21(14-16-23)17-26(29(37)38)34-30(39)35(18-19(3)4)20(5)22-11-9-8-10-12-22/h6-16,19-20,26H,1,17-18H2,2-5H3,(H,33,36)(H,34,39)(H,37,38)/b25-7+,27-24-/t20-,26-/m0/s1. The van der Waals surface area contributed by atoms with Crippen LogP contribution in [-0.2, 0) is 16.0 Å². The van der Waals surface area contributed by atoms with E-state index in [0.717, 1.165) is 11.1 Å². The zero-order valence-electron chi connectivity index (χ0n) is 22.6. The van der Waals surface area contributed by atoms with Gasteiger partial charge < -0.3 is 20.6 Å². The molecular weight excluding hydrogens is 553 g/mol. The van der Waals surface area contributed by atoms with Crippen molar-refractivity contribution in [3.8, 4) is 0 Å². The normalized spacial score (nSPS) is 13.7. The second kappa shape index (κ2) is 15.5. The Labute approximate surface area is 246 Å². The Bertz CT molecular complexity index is 1230. The fraction of sp³-hybridized carbons (Fsp3) is 0.300. The molecule has 0 bridgehead atoms. The van der Waals surface area contributed by atoms with Gasteiger partial charge in [-0.25, -0.2) is 4.79 Å². The third-order valence-electron chi connectivity index (χ3n) is 5.96. The van der Waals surface area contributed by atoms with E-state index >= 15 is 0 Å². The molecule has 0 aliphatic rings. The summed E-state index contributed by atoms with van der Waals surface area (Å²) in [6.45, 7) is 12.2. The van der Waals surface area contributed by atoms with Gasteiger partial charge in [0.05, 0.1) is 21.7 Å². The fourth-order valence-corrected chi connectivity index (χ4v) is 4.68. The minimum Gasteiger partial charge on any atom is -0.480 e. The van der Waals surface area contributed by atoms with Crippen LogP contribution >= 0.6 is 35.4 Å². The summed E-state index contributed by atoms with van der Waals surface area (Å²) < 4.78 is 0. The number of carboxylic acid groups (broad SMARTS) is 1. The number of halogens is 2. The van der Waals surface area contributed by atoms with E-state index in [-0.39, 0.29) is 28.1 Å². The van der Waals surface area contributed by atoms with Crippen LogP contribution in [0.25, 0.3) is 0 Å². The number of nitrogens with one attached hydrogen (secondary N) is 2. The Morgan fingerprint density at radius 2 is 1.69 bits per heavy atom. The smallest absolute Gasteiger partial charge is 0.326 e. The molecule has 0 fully saturated rings. The van der Waals surface area contributed by atoms with Crippen LogP contribution in [0.4, 0.5) is 5.69 Å². The maximum Gasteiger partial charge on any atom is 0.326 e. The molecule has 3 N–H and O–H groups in total. The van der Waals surface area contributed by atoms with Crippen LogP contribution in [0.3, 0.4) is 0 Å². The number of nitrogens with zero attached hydrogens (tertiary/aromatic N) is 1. The fourth-order valence-electron chi connectivity index (χ4n) is 3.88. The molecular formula is C30H35Cl2N3O3S. The number of hydrogen-bond acceptors (Lipinski definition) is 3. The Morgan fingerprint density at radius 1 is 1.08 bits per heavy atom. The van der Waals surface area contributed by atoms with Crippen molar-refractivity contribution in [1.82, 2.24) is 10.2 Å². The van der Waals surface area contributed by atoms with Gasteiger partial charge in [-0.1, -0.05) is 92.2 Å². The lowest BCUT2D eigenvalue weighted by Gasteiger charge is -2.34. The molecule has 0 aliphatic heterocycles. The molecule has 9 heteroatoms. The van der Waals surface area contributed by atoms with Gasteiger partial charge in [0.25, 0.3) is 5.91 Å². The molecule has 1 amide bonds. The number of thiocarbonyl (C=S) groups is 1. The van der Waals surface area contributed by atoms with Crippen LogP contribution in [0.5, 0.6) is 0 Å². The highest BCUT2D eigenvalue weighted by Gasteiger charge is 2.25. The van der Waals surface area contributed by atoms with E-state index < -0.39 is 17.9 Å². The zero-order valence-corrected chi connectivity index (χ0v) is 24.9. The summed E-state index contributed by atoms with van der Waals surface area (Å²) in [5, 5.41) is 16.5. The number of rotatable bonds is 12. The number of aliphatic carboxylic acids is 1. The molecule has 0 unspecified atom stereocenters. The topological polar surface area (TPSA) is 81.7 Å². The number of hydrogen-bond donors (Lipinski definition) is 3. The SMILES string of the molecule is C=C/C(Cl)=C(C(=O)Nc1ccc(C[C@H](NC(=S)N(CC(C)C)[C@@H](C)c2ccccc2)C(=O)O)cc1)\C(Cl)=C/C. The molecule has 0 saturated carbocycles. The summed E-state index contributed by atoms with van der Waals surface area (Å²) in [7, 11) is 0. The van der Waals surface area contributed by atoms with Gasteiger partial charge in [-0.15, -0.1) is 0 Å². The molecule has 0 saturated heterocycles. The molecule has 2 rings (SSSR count). The Balaban J connectivity index is 2.16. The number of allylic oxidation sites excluding steroid dienone is 3. The highest BCUT2D eigenvalue weighted by Crippen LogP contribution is 2.25. The first-order chi connectivity index (χ1) is 18.5. The quantitative estimate of drug-likeness (QED) is 0.140. The van der Waals surface area contributed by atoms with Gasteiger partial charge in [-0.05, 0) is 61.3 Å². The molecule has 2 aromatic rings. The van der Waals surface area contributed by atoms with Crippen molar-refractivity contribution >= 4 is 58.1 Å². The van der Waals surface area contributed by atoms with Gasteiger partial charge in [-0.3, -0.25) is 4.79 Å². The van der Waals surface area contributed by atoms with E-state index in [2.05, 4.69) is 38.0 Å². The minimum absolute atomic E-state index is 0.0319. The van der Waals surface area contributed by atoms with Gasteiger partial charge in [-0.2, -0.15) is 0 Å². The van der Waals surface area contributed by atoms with Crippen LogP contribution in [0.1, 0.15) is 44.9 Å². The van der Waals surface area contributed by atoms with Crippen LogP contribution in [0.2, 0.25) is 0 Å². The summed E-state index contributed by atoms with van der Waals surface area (Å²) in [6, 6.07) is 15.9. The number of carbonyl (C=O) groups excluding carboxylic acids is 1. The first-order valence-corrected chi connectivity index (χ1v) is 13.7. The highest BCUT2D eigenvalue weighted by atomic mass is 35.5. The zero-order chi connectivity index (χ0) is 29.1. The molecule has 0 aliphatic carbocycles. The summed E-state index contributed by atoms with van der Waals surface area (Å²) in [4.78, 5) is 26.9. The average molecular weight is 589 g/mol. The Kier molecular flexibility index (Phi) is 12.7. The lowest BCUT2D eigenvalue weighted by molar-refractivity contribution is -0.139. The predicted octanol–water partition coefficient (Wildman–Crippen LogP) is 7.04. The van der Waals surface area contributed by atoms with Gasteiger partial charge in [0, 0.05) is 18.7 Å². The third kappa shape index (κ3) is 9.53. The Hall–Kier alpha value is -3.13. The second-order valence-corrected chi connectivity index (χ2v) is 10.6. The molecule has 6 nitrogen and oxygen atoms in total. The third-order valence-corrected chi connectivity index (χ3v) is 7.06. The van der Waals surface area contributed by atoms with Crippen molar-refractivity contribution in [2.45, 2.75) is 46.2 Å². The molecule has 208 valence electrons. The maximum atomic E-state index is 12.8. The molecule has 0 radical (unpaired) electrons. The lowest BCUT2D eigenvalue weighted by atomic mass is 10.0. The largest absolute Gasteiger partial charge is 0.480 e. The average Bonchev–Trinajstić information content (AvgIpc) is 2.91. The number of carboxylic acids is 1. The first kappa shape index (κ1) is 32.1. The predicted molar refractivity (Wildman–Crippen MR) is 165 cm³/mol. The van der Waals surface area contributed by atoms with Crippen molar-refractivity contribution in [2.75, 3.05) is 11.9 Å². The van der Waals surface area contributed by atoms with Crippen molar-refractivity contribution in [3.63, 3.8) is 0 Å². The van der Waals surface area contributed by atoms with E-state index in [1.54, 1.807) is 37.3 Å². The molecule has 0 aromatic heterocycles. The van der Waals surface area contributed by atoms with Crippen molar-refractivity contribution < 1.29 is 14.7 Å².